The van der Waals surface area contributed by atoms with Crippen molar-refractivity contribution in [3.63, 3.8) is 0 Å². The maximum atomic E-state index is 13.2. The van der Waals surface area contributed by atoms with E-state index >= 15 is 0 Å². The van der Waals surface area contributed by atoms with Crippen LogP contribution in [0.4, 0.5) is 0 Å². The molecule has 5 nitrogen and oxygen atoms in total. The van der Waals surface area contributed by atoms with Gasteiger partial charge in [-0.05, 0) is 99.7 Å². The molecule has 7 rings (SSSR count). The Morgan fingerprint density at radius 3 is 2.52 bits per heavy atom. The fourth-order valence-electron chi connectivity index (χ4n) is 7.70. The largest absolute Gasteiger partial charge is 0.349 e. The third kappa shape index (κ3) is 3.23. The lowest BCUT2D eigenvalue weighted by atomic mass is 9.48. The Labute approximate surface area is 183 Å². The second-order valence-electron chi connectivity index (χ2n) is 11.0. The van der Waals surface area contributed by atoms with Crippen molar-refractivity contribution in [1.29, 1.82) is 0 Å². The summed E-state index contributed by atoms with van der Waals surface area (Å²) in [7, 11) is 0. The summed E-state index contributed by atoms with van der Waals surface area (Å²) >= 11 is 0. The average Bonchev–Trinajstić information content (AvgIpc) is 2.98. The van der Waals surface area contributed by atoms with Crippen LogP contribution in [-0.2, 0) is 13.0 Å². The molecule has 0 spiro atoms. The van der Waals surface area contributed by atoms with Gasteiger partial charge in [0.05, 0.1) is 10.9 Å². The van der Waals surface area contributed by atoms with Crippen LogP contribution in [0.1, 0.15) is 80.9 Å². The Balaban J connectivity index is 1.26. The monoisotopic (exact) mass is 419 g/mol. The Hall–Kier alpha value is -2.17. The summed E-state index contributed by atoms with van der Waals surface area (Å²) in [6.07, 6.45) is 12.2. The molecular weight excluding hydrogens is 386 g/mol. The molecule has 4 aliphatic carbocycles. The molecule has 1 aromatic heterocycles. The van der Waals surface area contributed by atoms with Crippen molar-refractivity contribution in [2.45, 2.75) is 83.7 Å². The first kappa shape index (κ1) is 19.5. The molecule has 1 aromatic carbocycles. The van der Waals surface area contributed by atoms with Crippen LogP contribution in [0.15, 0.2) is 23.0 Å². The molecule has 4 fully saturated rings. The summed E-state index contributed by atoms with van der Waals surface area (Å²) in [5, 5.41) is 3.98. The standard InChI is InChI=1S/C26H33N3O2/c1-16(26-13-17-9-18(14-26)11-19(10-17)15-26)27-24(30)20-6-7-21-22(12-20)28-23-5-3-2-4-8-29(23)25(21)31/h6-7,12,16-19H,2-5,8-11,13-15H2,1H3,(H,27,30)/t16-,17?,18?,19?,26?/m0/s1. The van der Waals surface area contributed by atoms with Crippen LogP contribution in [-0.4, -0.2) is 21.5 Å². The maximum Gasteiger partial charge on any atom is 0.261 e. The third-order valence-corrected chi connectivity index (χ3v) is 8.93. The SMILES string of the molecule is C[C@H](NC(=O)c1ccc2c(=O)n3c(nc2c1)CCCCC3)C12CC3CC(CC(C3)C1)C2. The zero-order valence-corrected chi connectivity index (χ0v) is 18.5. The van der Waals surface area contributed by atoms with Crippen LogP contribution in [0.3, 0.4) is 0 Å². The van der Waals surface area contributed by atoms with E-state index in [1.165, 1.54) is 38.5 Å². The van der Waals surface area contributed by atoms with Crippen LogP contribution < -0.4 is 10.9 Å². The van der Waals surface area contributed by atoms with E-state index < -0.39 is 0 Å². The van der Waals surface area contributed by atoms with E-state index in [1.54, 1.807) is 12.1 Å². The second-order valence-corrected chi connectivity index (χ2v) is 11.0. The predicted molar refractivity (Wildman–Crippen MR) is 121 cm³/mol. The predicted octanol–water partition coefficient (Wildman–Crippen LogP) is 4.46. The number of carbonyl (C=O) groups excluding carboxylic acids is 1. The van der Waals surface area contributed by atoms with Crippen molar-refractivity contribution < 1.29 is 4.79 Å². The van der Waals surface area contributed by atoms with Crippen molar-refractivity contribution in [2.75, 3.05) is 0 Å². The first-order valence-corrected chi connectivity index (χ1v) is 12.4. The van der Waals surface area contributed by atoms with Gasteiger partial charge in [0.2, 0.25) is 0 Å². The molecule has 0 saturated heterocycles. The van der Waals surface area contributed by atoms with Crippen LogP contribution in [0.5, 0.6) is 0 Å². The smallest absolute Gasteiger partial charge is 0.261 e. The molecule has 2 aromatic rings. The van der Waals surface area contributed by atoms with Gasteiger partial charge >= 0.3 is 0 Å². The van der Waals surface area contributed by atoms with Gasteiger partial charge in [-0.25, -0.2) is 4.98 Å². The van der Waals surface area contributed by atoms with Crippen molar-refractivity contribution >= 4 is 16.8 Å². The van der Waals surface area contributed by atoms with Gasteiger partial charge in [-0.3, -0.25) is 14.2 Å². The zero-order valence-electron chi connectivity index (χ0n) is 18.5. The van der Waals surface area contributed by atoms with Gasteiger partial charge in [0.15, 0.2) is 0 Å². The van der Waals surface area contributed by atoms with E-state index in [0.29, 0.717) is 16.5 Å². The van der Waals surface area contributed by atoms with Gasteiger partial charge in [0, 0.05) is 24.6 Å². The molecule has 1 amide bonds. The Kier molecular flexibility index (Phi) is 4.52. The molecule has 4 saturated carbocycles. The van der Waals surface area contributed by atoms with Crippen LogP contribution >= 0.6 is 0 Å². The molecule has 5 aliphatic rings. The van der Waals surface area contributed by atoms with Gasteiger partial charge < -0.3 is 5.32 Å². The number of hydrogen-bond donors (Lipinski definition) is 1. The third-order valence-electron chi connectivity index (χ3n) is 8.93. The molecule has 1 aliphatic heterocycles. The Morgan fingerprint density at radius 2 is 1.81 bits per heavy atom. The summed E-state index contributed by atoms with van der Waals surface area (Å²) in [6.45, 7) is 2.97. The Bertz CT molecular complexity index is 1070. The number of nitrogens with one attached hydrogen (secondary N) is 1. The van der Waals surface area contributed by atoms with E-state index in [-0.39, 0.29) is 22.9 Å². The van der Waals surface area contributed by atoms with E-state index in [0.717, 1.165) is 55.8 Å². The summed E-state index contributed by atoms with van der Waals surface area (Å²) in [5.74, 6) is 3.47. The van der Waals surface area contributed by atoms with Crippen LogP contribution in [0.2, 0.25) is 0 Å². The van der Waals surface area contributed by atoms with Gasteiger partial charge in [0.25, 0.3) is 11.5 Å². The number of hydrogen-bond acceptors (Lipinski definition) is 3. The lowest BCUT2D eigenvalue weighted by Gasteiger charge is -2.59. The number of aromatic nitrogens is 2. The molecule has 2 heterocycles. The average molecular weight is 420 g/mol. The lowest BCUT2D eigenvalue weighted by Crippen LogP contribution is -2.55. The summed E-state index contributed by atoms with van der Waals surface area (Å²) in [6, 6.07) is 5.61. The molecular formula is C26H33N3O2. The molecule has 1 N–H and O–H groups in total. The molecule has 31 heavy (non-hydrogen) atoms. The highest BCUT2D eigenvalue weighted by Crippen LogP contribution is 2.61. The minimum absolute atomic E-state index is 0.0259. The van der Waals surface area contributed by atoms with Crippen LogP contribution in [0.25, 0.3) is 10.9 Å². The molecule has 4 bridgehead atoms. The molecule has 164 valence electrons. The number of rotatable bonds is 3. The van der Waals surface area contributed by atoms with Gasteiger partial charge in [0.1, 0.15) is 5.82 Å². The lowest BCUT2D eigenvalue weighted by molar-refractivity contribution is -0.0688. The van der Waals surface area contributed by atoms with Gasteiger partial charge in [-0.2, -0.15) is 0 Å². The highest BCUT2D eigenvalue weighted by atomic mass is 16.1. The fraction of sp³-hybridized carbons (Fsp3) is 0.654. The number of aryl methyl sites for hydroxylation is 1. The quantitative estimate of drug-likeness (QED) is 0.799. The van der Waals surface area contributed by atoms with Gasteiger partial charge in [-0.1, -0.05) is 6.42 Å². The first-order valence-electron chi connectivity index (χ1n) is 12.4. The Morgan fingerprint density at radius 1 is 1.10 bits per heavy atom. The van der Waals surface area contributed by atoms with E-state index in [4.69, 9.17) is 4.98 Å². The maximum absolute atomic E-state index is 13.2. The minimum Gasteiger partial charge on any atom is -0.349 e. The minimum atomic E-state index is -0.0259. The number of benzene rings is 1. The zero-order chi connectivity index (χ0) is 21.2. The van der Waals surface area contributed by atoms with Crippen molar-refractivity contribution in [2.24, 2.45) is 23.2 Å². The van der Waals surface area contributed by atoms with Gasteiger partial charge in [-0.15, -0.1) is 0 Å². The molecule has 0 unspecified atom stereocenters. The topological polar surface area (TPSA) is 64.0 Å². The summed E-state index contributed by atoms with van der Waals surface area (Å²) < 4.78 is 1.84. The highest BCUT2D eigenvalue weighted by Gasteiger charge is 2.53. The van der Waals surface area contributed by atoms with Crippen molar-refractivity contribution in [1.82, 2.24) is 14.9 Å². The van der Waals surface area contributed by atoms with Crippen LogP contribution in [0, 0.1) is 23.2 Å². The van der Waals surface area contributed by atoms with E-state index in [2.05, 4.69) is 12.2 Å². The highest BCUT2D eigenvalue weighted by molar-refractivity contribution is 5.97. The fourth-order valence-corrected chi connectivity index (χ4v) is 7.70. The molecule has 0 radical (unpaired) electrons. The van der Waals surface area contributed by atoms with Crippen molar-refractivity contribution in [3.05, 3.63) is 39.9 Å². The number of fused-ring (bicyclic) bond motifs is 2. The molecule has 5 heteroatoms. The summed E-state index contributed by atoms with van der Waals surface area (Å²) in [5.41, 5.74) is 1.61. The normalized spacial score (nSPS) is 32.5. The first-order chi connectivity index (χ1) is 15.0. The van der Waals surface area contributed by atoms with E-state index in [9.17, 15) is 9.59 Å². The molecule has 1 atom stereocenters. The second kappa shape index (κ2) is 7.18. The van der Waals surface area contributed by atoms with E-state index in [1.807, 2.05) is 10.6 Å². The summed E-state index contributed by atoms with van der Waals surface area (Å²) in [4.78, 5) is 31.0. The number of amides is 1. The number of carbonyl (C=O) groups is 1. The van der Waals surface area contributed by atoms with Crippen molar-refractivity contribution in [3.8, 4) is 0 Å². The number of nitrogens with zero attached hydrogens (tertiary/aromatic N) is 2.